The van der Waals surface area contributed by atoms with Gasteiger partial charge >= 0.3 is 0 Å². The Morgan fingerprint density at radius 3 is 1.50 bits per heavy atom. The van der Waals surface area contributed by atoms with Crippen molar-refractivity contribution < 1.29 is 9.47 Å². The van der Waals surface area contributed by atoms with Crippen LogP contribution in [0.5, 0.6) is 0 Å². The van der Waals surface area contributed by atoms with E-state index in [1.165, 1.54) is 155 Å². The number of likely N-dealkylation sites (N-methyl/N-ethyl adjacent to an activating group) is 3. The average molecular weight is 1690 g/mol. The van der Waals surface area contributed by atoms with E-state index in [0.29, 0.717) is 11.8 Å². The number of aliphatic imine (C=N–C) groups is 11. The summed E-state index contributed by atoms with van der Waals surface area (Å²) in [5.74, 6) is 10.2. The predicted molar refractivity (Wildman–Crippen MR) is 526 cm³/mol. The molecule has 28 nitrogen and oxygen atoms in total. The maximum Gasteiger partial charge on any atom is 0.287 e. The first-order chi connectivity index (χ1) is 55.9. The number of thioether (sulfide) groups is 2. The Bertz CT molecular complexity index is 2590. The number of aryl methyl sites for hydroxylation is 1. The van der Waals surface area contributed by atoms with Crippen molar-refractivity contribution in [1.29, 1.82) is 0 Å². The van der Waals surface area contributed by atoms with Crippen LogP contribution in [0.15, 0.2) is 67.2 Å². The molecule has 0 spiro atoms. The fourth-order valence-corrected chi connectivity index (χ4v) is 12.5. The van der Waals surface area contributed by atoms with Crippen LogP contribution in [-0.4, -0.2) is 331 Å². The smallest absolute Gasteiger partial charge is 0.287 e. The Kier molecular flexibility index (Phi) is 87.6. The largest absolute Gasteiger partial charge is 0.481 e. The number of amidine groups is 6. The van der Waals surface area contributed by atoms with Crippen molar-refractivity contribution in [1.82, 2.24) is 60.0 Å². The Morgan fingerprint density at radius 2 is 1.12 bits per heavy atom. The van der Waals surface area contributed by atoms with Crippen molar-refractivity contribution in [2.24, 2.45) is 66.4 Å². The van der Waals surface area contributed by atoms with E-state index in [-0.39, 0.29) is 14.9 Å². The number of anilines is 1. The molecule has 0 aliphatic carbocycles. The number of piperidine rings is 1. The van der Waals surface area contributed by atoms with E-state index in [0.717, 1.165) is 213 Å². The van der Waals surface area contributed by atoms with Gasteiger partial charge in [-0.25, -0.2) is 4.99 Å². The highest BCUT2D eigenvalue weighted by Gasteiger charge is 2.15. The number of rotatable bonds is 13. The van der Waals surface area contributed by atoms with Gasteiger partial charge in [-0.3, -0.25) is 54.6 Å². The third-order valence-electron chi connectivity index (χ3n) is 18.2. The molecule has 0 amide bonds. The highest BCUT2D eigenvalue weighted by molar-refractivity contribution is 8.14. The fraction of sp³-hybridized carbons (Fsp3) is 0.839. The molecule has 0 radical (unpaired) electrons. The molecule has 1 aromatic heterocycles. The van der Waals surface area contributed by atoms with Crippen molar-refractivity contribution in [3.05, 3.63) is 12.3 Å². The molecule has 117 heavy (non-hydrogen) atoms. The monoisotopic (exact) mass is 1690 g/mol. The Balaban J connectivity index is -0.000000385. The van der Waals surface area contributed by atoms with E-state index >= 15 is 0 Å². The van der Waals surface area contributed by atoms with Crippen LogP contribution in [-0.2, 0) is 16.0 Å². The first-order valence-corrected chi connectivity index (χ1v) is 46.7. The quantitative estimate of drug-likeness (QED) is 0.107. The van der Waals surface area contributed by atoms with Gasteiger partial charge in [0.25, 0.3) is 6.02 Å². The number of nitrogen functional groups attached to an aromatic ring is 1. The minimum absolute atomic E-state index is 0. The van der Waals surface area contributed by atoms with Crippen molar-refractivity contribution in [3.63, 3.8) is 0 Å². The molecular formula is C87H184N26O2S2. The summed E-state index contributed by atoms with van der Waals surface area (Å²) < 4.78 is 12.2. The lowest BCUT2D eigenvalue weighted by Gasteiger charge is -2.31. The zero-order chi connectivity index (χ0) is 86.3. The van der Waals surface area contributed by atoms with Gasteiger partial charge in [0, 0.05) is 228 Å². The number of nitrogens with one attached hydrogen (secondary N) is 3. The third-order valence-corrected chi connectivity index (χ3v) is 20.3. The summed E-state index contributed by atoms with van der Waals surface area (Å²) in [7, 11) is 12.2. The topological polar surface area (TPSA) is 309 Å². The summed E-state index contributed by atoms with van der Waals surface area (Å²) in [6.07, 6.45) is 24.7. The van der Waals surface area contributed by atoms with Gasteiger partial charge in [0.15, 0.2) is 23.0 Å². The molecule has 0 aromatic carbocycles. The number of aromatic nitrogens is 2. The second-order valence-electron chi connectivity index (χ2n) is 27.1. The predicted octanol–water partition coefficient (Wildman–Crippen LogP) is 14.8. The summed E-state index contributed by atoms with van der Waals surface area (Å²) in [6.45, 7) is 63.3. The third kappa shape index (κ3) is 66.1. The van der Waals surface area contributed by atoms with E-state index in [4.69, 9.17) is 26.7 Å². The molecular weight excluding hydrogens is 1510 g/mol. The van der Waals surface area contributed by atoms with E-state index in [1.807, 2.05) is 104 Å². The Hall–Kier alpha value is -6.40. The molecule has 0 bridgehead atoms. The molecule has 12 aliphatic heterocycles. The van der Waals surface area contributed by atoms with E-state index in [9.17, 15) is 0 Å². The summed E-state index contributed by atoms with van der Waals surface area (Å²) in [5.41, 5.74) is 17.5. The molecule has 0 atom stereocenters. The van der Waals surface area contributed by atoms with Gasteiger partial charge in [0.1, 0.15) is 12.4 Å². The highest BCUT2D eigenvalue weighted by atomic mass is 32.2. The van der Waals surface area contributed by atoms with E-state index in [1.54, 1.807) is 10.7 Å². The number of hydrogen-bond donors (Lipinski definition) is 6. The second-order valence-corrected chi connectivity index (χ2v) is 29.5. The molecule has 0 unspecified atom stereocenters. The Morgan fingerprint density at radius 1 is 0.487 bits per heavy atom. The molecule has 2 fully saturated rings. The molecule has 9 N–H and O–H groups in total. The lowest BCUT2D eigenvalue weighted by molar-refractivity contribution is 0.160. The maximum absolute atomic E-state index is 5.47. The first kappa shape index (κ1) is 119. The van der Waals surface area contributed by atoms with Gasteiger partial charge in [-0.15, -0.1) is 11.8 Å². The number of hydrogen-bond acceptors (Lipinski definition) is 28. The molecule has 13 rings (SSSR count). The van der Waals surface area contributed by atoms with Crippen LogP contribution < -0.4 is 33.2 Å². The Labute approximate surface area is 727 Å². The number of guanidine groups is 2. The molecule has 1 aromatic rings. The van der Waals surface area contributed by atoms with Gasteiger partial charge in [-0.05, 0) is 145 Å². The molecule has 30 heteroatoms. The summed E-state index contributed by atoms with van der Waals surface area (Å²) in [5, 5.41) is 16.1. The number of nitrogens with two attached hydrogens (primary N) is 3. The van der Waals surface area contributed by atoms with Crippen LogP contribution >= 0.6 is 23.5 Å². The molecule has 2 saturated heterocycles. The first-order valence-electron chi connectivity index (χ1n) is 44.7. The van der Waals surface area contributed by atoms with Gasteiger partial charge < -0.3 is 76.9 Å². The number of nitrogens with zero attached hydrogens (tertiary/aromatic N) is 20. The van der Waals surface area contributed by atoms with Crippen molar-refractivity contribution in [2.75, 3.05) is 230 Å². The van der Waals surface area contributed by atoms with Crippen LogP contribution in [0, 0.1) is 0 Å². The summed E-state index contributed by atoms with van der Waals surface area (Å²) in [4.78, 5) is 61.6. The van der Waals surface area contributed by atoms with Gasteiger partial charge in [0.05, 0.1) is 61.2 Å². The van der Waals surface area contributed by atoms with Crippen molar-refractivity contribution in [3.8, 4) is 0 Å². The minimum Gasteiger partial charge on any atom is -0.481 e. The van der Waals surface area contributed by atoms with Crippen LogP contribution in [0.3, 0.4) is 0 Å². The highest BCUT2D eigenvalue weighted by Crippen LogP contribution is 2.14. The molecule has 12 aliphatic rings. The zero-order valence-corrected chi connectivity index (χ0v) is 79.5. The number of piperazine rings is 1. The normalized spacial score (nSPS) is 17.8. The minimum atomic E-state index is 0. The standard InChI is InChI=1S/C8H15N.C7H16N2.2C7H14N2.C7H13NO.C6H13N3.C6H12N2O.C6H12N2S.C6H12N2.C5H11N3.C5H9N3.C5H9NS.C4H8N2.3C2H6.2CH4/c1-2-5-8-6-3-4-7-9-8;1-3-9-6-4-8(2)5-7-9;1-3-9(2)7-5-4-6-8-7;2*1-2-4-7-8-5-3-6-9-7;1-3-9(2)6-7-4-5-8-6;2*1-3-8(2)6-7-4-5-9-6;1-7-6-4-2-3-5-8-6;1-2-8-4-3-7-5(8)6;1-2-8-4-3-5(6)7-8;1-5-6-3-2-4-7-5;5-4-2-1-3-6-4;3*1-2;;/h2-7H2,1H3;3-7H2,1-2H3;3-6H2,1-2H3;2-6H2,1H3,(H,8,9);2-6H2,1H3;3-5H2,1-2H3,(H,7,8);2*3-5H2,1-2H3;2-5H2,1H3,(H,7,8);2-4H2,1H3,(H2,6,7);3-4H,2H2,1H3,(H2,6,7);2-4H2,1H3;1-3H2,(H2,5,6);3*1-2H3;2*1H4. The number of ether oxygens (including phenoxy) is 2. The average Bonchev–Trinajstić information content (AvgIpc) is 1.86. The second kappa shape index (κ2) is 86.0. The molecule has 0 saturated carbocycles. The zero-order valence-electron chi connectivity index (χ0n) is 77.9. The van der Waals surface area contributed by atoms with Crippen LogP contribution in [0.2, 0.25) is 0 Å². The summed E-state index contributed by atoms with van der Waals surface area (Å²) >= 11 is 3.72. The van der Waals surface area contributed by atoms with E-state index < -0.39 is 0 Å². The lowest BCUT2D eigenvalue weighted by Crippen LogP contribution is -2.44. The molecule has 686 valence electrons. The van der Waals surface area contributed by atoms with Crippen molar-refractivity contribution in [2.45, 2.75) is 261 Å². The van der Waals surface area contributed by atoms with Gasteiger partial charge in [-0.1, -0.05) is 102 Å². The van der Waals surface area contributed by atoms with Crippen molar-refractivity contribution >= 4 is 92.4 Å². The van der Waals surface area contributed by atoms with Gasteiger partial charge in [-0.2, -0.15) is 5.10 Å². The molecule has 13 heterocycles. The summed E-state index contributed by atoms with van der Waals surface area (Å²) in [6, 6.07) is 2.57. The lowest BCUT2D eigenvalue weighted by atomic mass is 10.1. The van der Waals surface area contributed by atoms with E-state index in [2.05, 4.69) is 196 Å². The van der Waals surface area contributed by atoms with Crippen LogP contribution in [0.25, 0.3) is 0 Å². The maximum atomic E-state index is 5.47. The fourth-order valence-electron chi connectivity index (χ4n) is 10.9. The van der Waals surface area contributed by atoms with Crippen LogP contribution in [0.1, 0.15) is 255 Å². The SMILES string of the molecule is C.C.CC.CC.CC.CC1=NCCCS1.CCCC1=NCCCC1.CCCC1=NCCCN1.CCCC1=NCCCO1.CCN(C)C1=NCCC1.CCN(C)C1=NCCN1.CCN(C)C1=NCCO1.CCN(C)C1=NCCS1.CCN1CCN(C)CC1.CCN1CCN=C1N.CCn1ccc(N)n1.CN=C1CCCCN1.NC1=NCCC1. The van der Waals surface area contributed by atoms with Gasteiger partial charge in [0.2, 0.25) is 0 Å². The van der Waals surface area contributed by atoms with Crippen LogP contribution in [0.4, 0.5) is 5.82 Å².